The summed E-state index contributed by atoms with van der Waals surface area (Å²) >= 11 is 6.02. The molecule has 0 bridgehead atoms. The summed E-state index contributed by atoms with van der Waals surface area (Å²) in [4.78, 5) is 18.0. The third kappa shape index (κ3) is 4.92. The van der Waals surface area contributed by atoms with E-state index in [1.54, 1.807) is 42.5 Å². The highest BCUT2D eigenvalue weighted by Crippen LogP contribution is 2.27. The van der Waals surface area contributed by atoms with Crippen molar-refractivity contribution in [1.29, 1.82) is 0 Å². The fraction of sp³-hybridized carbons (Fsp3) is 0.200. The Morgan fingerprint density at radius 3 is 2.47 bits per heavy atom. The number of aromatic nitrogens is 1. The van der Waals surface area contributed by atoms with E-state index in [-0.39, 0.29) is 17.1 Å². The van der Waals surface area contributed by atoms with E-state index in [9.17, 15) is 13.2 Å². The number of nitrogens with zero attached hydrogens (tertiary/aromatic N) is 1. The number of aryl methyl sites for hydroxylation is 1. The molecule has 4 aromatic rings. The Bertz CT molecular complexity index is 1390. The van der Waals surface area contributed by atoms with Gasteiger partial charge in [0.1, 0.15) is 11.3 Å². The number of hydrogen-bond donors (Lipinski definition) is 0. The van der Waals surface area contributed by atoms with Crippen LogP contribution < -0.4 is 0 Å². The van der Waals surface area contributed by atoms with Crippen LogP contribution in [0.4, 0.5) is 0 Å². The number of ketones is 1. The lowest BCUT2D eigenvalue weighted by atomic mass is 9.86. The van der Waals surface area contributed by atoms with Crippen molar-refractivity contribution in [2.75, 3.05) is 6.26 Å². The molecule has 0 N–H and O–H groups in total. The predicted molar refractivity (Wildman–Crippen MR) is 125 cm³/mol. The fourth-order valence-corrected chi connectivity index (χ4v) is 4.52. The van der Waals surface area contributed by atoms with E-state index in [0.717, 1.165) is 22.9 Å². The van der Waals surface area contributed by atoms with Crippen LogP contribution in [0.15, 0.2) is 76.0 Å². The molecule has 7 heteroatoms. The Kier molecular flexibility index (Phi) is 6.17. The van der Waals surface area contributed by atoms with Gasteiger partial charge < -0.3 is 4.42 Å². The van der Waals surface area contributed by atoms with Crippen LogP contribution in [0.5, 0.6) is 0 Å². The second kappa shape index (κ2) is 8.88. The van der Waals surface area contributed by atoms with Gasteiger partial charge in [0.05, 0.1) is 11.3 Å². The molecule has 0 saturated carbocycles. The molecule has 0 fully saturated rings. The Balaban J connectivity index is 1.67. The number of sulfone groups is 1. The molecule has 164 valence electrons. The molecular weight excluding hydrogens is 446 g/mol. The Morgan fingerprint density at radius 1 is 1.06 bits per heavy atom. The van der Waals surface area contributed by atoms with E-state index in [1.165, 1.54) is 0 Å². The van der Waals surface area contributed by atoms with Crippen LogP contribution >= 0.6 is 11.6 Å². The van der Waals surface area contributed by atoms with Crippen LogP contribution in [0.3, 0.4) is 0 Å². The number of hydrogen-bond acceptors (Lipinski definition) is 5. The van der Waals surface area contributed by atoms with Gasteiger partial charge in [-0.2, -0.15) is 0 Å². The number of rotatable bonds is 7. The lowest BCUT2D eigenvalue weighted by Gasteiger charge is -2.17. The van der Waals surface area contributed by atoms with Crippen molar-refractivity contribution in [3.63, 3.8) is 0 Å². The monoisotopic (exact) mass is 467 g/mol. The van der Waals surface area contributed by atoms with Crippen molar-refractivity contribution >= 4 is 38.3 Å². The lowest BCUT2D eigenvalue weighted by molar-refractivity contribution is -0.120. The predicted octanol–water partition coefficient (Wildman–Crippen LogP) is 5.33. The minimum absolute atomic E-state index is 0.0245. The first-order valence-corrected chi connectivity index (χ1v) is 12.4. The summed E-state index contributed by atoms with van der Waals surface area (Å²) < 4.78 is 29.4. The molecule has 0 aliphatic rings. The molecule has 1 heterocycles. The summed E-state index contributed by atoms with van der Waals surface area (Å²) in [5.74, 6) is -0.198. The van der Waals surface area contributed by atoms with E-state index in [1.807, 2.05) is 31.2 Å². The van der Waals surface area contributed by atoms with Crippen LogP contribution in [0, 0.1) is 6.92 Å². The number of Topliss-reactive ketones (excluding diaryl/α,β-unsaturated/α-hetero) is 1. The molecule has 1 atom stereocenters. The van der Waals surface area contributed by atoms with E-state index in [2.05, 4.69) is 4.98 Å². The molecule has 0 radical (unpaired) electrons. The van der Waals surface area contributed by atoms with Crippen LogP contribution in [-0.2, 0) is 27.5 Å². The first-order valence-electron chi connectivity index (χ1n) is 10.1. The first kappa shape index (κ1) is 22.2. The number of benzene rings is 3. The highest BCUT2D eigenvalue weighted by Gasteiger charge is 2.24. The molecule has 0 aliphatic carbocycles. The van der Waals surface area contributed by atoms with Crippen molar-refractivity contribution in [1.82, 2.24) is 4.98 Å². The van der Waals surface area contributed by atoms with Crippen LogP contribution in [-0.4, -0.2) is 25.4 Å². The third-order valence-electron chi connectivity index (χ3n) is 5.50. The summed E-state index contributed by atoms with van der Waals surface area (Å²) in [5.41, 5.74) is 4.08. The molecule has 1 unspecified atom stereocenters. The van der Waals surface area contributed by atoms with Crippen molar-refractivity contribution < 1.29 is 17.6 Å². The largest absolute Gasteiger partial charge is 0.440 e. The van der Waals surface area contributed by atoms with Gasteiger partial charge in [0.2, 0.25) is 5.89 Å². The van der Waals surface area contributed by atoms with E-state index < -0.39 is 15.8 Å². The number of fused-ring (bicyclic) bond motifs is 1. The van der Waals surface area contributed by atoms with Gasteiger partial charge in [0.25, 0.3) is 0 Å². The van der Waals surface area contributed by atoms with Crippen molar-refractivity contribution in [3.8, 4) is 0 Å². The maximum absolute atomic E-state index is 13.4. The fourth-order valence-electron chi connectivity index (χ4n) is 3.72. The smallest absolute Gasteiger partial charge is 0.202 e. The maximum Gasteiger partial charge on any atom is 0.202 e. The van der Waals surface area contributed by atoms with Crippen LogP contribution in [0.25, 0.3) is 11.1 Å². The average Bonchev–Trinajstić information content (AvgIpc) is 3.13. The highest BCUT2D eigenvalue weighted by atomic mass is 35.5. The van der Waals surface area contributed by atoms with Crippen LogP contribution in [0.1, 0.15) is 28.5 Å². The summed E-state index contributed by atoms with van der Waals surface area (Å²) in [6.07, 6.45) is 1.68. The average molecular weight is 468 g/mol. The topological polar surface area (TPSA) is 77.2 Å². The maximum atomic E-state index is 13.4. The molecule has 32 heavy (non-hydrogen) atoms. The molecule has 0 amide bonds. The standard InChI is InChI=1S/C25H22ClNO4S/c1-16-5-3-4-6-18(16)13-21(17-7-10-20(11-8-17)32(2,29)30)23(28)15-25-27-22-14-19(26)9-12-24(22)31-25/h3-12,14,21H,13,15H2,1-2H3. The summed E-state index contributed by atoms with van der Waals surface area (Å²) in [7, 11) is -3.32. The third-order valence-corrected chi connectivity index (χ3v) is 6.87. The Morgan fingerprint density at radius 2 is 1.78 bits per heavy atom. The number of carbonyl (C=O) groups is 1. The van der Waals surface area contributed by atoms with E-state index in [0.29, 0.717) is 28.4 Å². The second-order valence-corrected chi connectivity index (χ2v) is 10.3. The Labute approximate surface area is 192 Å². The highest BCUT2D eigenvalue weighted by molar-refractivity contribution is 7.90. The van der Waals surface area contributed by atoms with Crippen molar-refractivity contribution in [3.05, 3.63) is 94.3 Å². The Hall–Kier alpha value is -2.96. The molecule has 0 aliphatic heterocycles. The molecule has 0 spiro atoms. The second-order valence-electron chi connectivity index (χ2n) is 7.89. The SMILES string of the molecule is Cc1ccccc1CC(C(=O)Cc1nc2cc(Cl)ccc2o1)c1ccc(S(C)(=O)=O)cc1. The number of oxazole rings is 1. The van der Waals surface area contributed by atoms with Crippen LogP contribution in [0.2, 0.25) is 5.02 Å². The van der Waals surface area contributed by atoms with E-state index in [4.69, 9.17) is 16.0 Å². The zero-order valence-electron chi connectivity index (χ0n) is 17.7. The van der Waals surface area contributed by atoms with E-state index >= 15 is 0 Å². The van der Waals surface area contributed by atoms with Crippen molar-refractivity contribution in [2.45, 2.75) is 30.6 Å². The summed E-state index contributed by atoms with van der Waals surface area (Å²) in [5, 5.41) is 0.548. The normalized spacial score (nSPS) is 12.7. The molecular formula is C25H22ClNO4S. The molecule has 1 aromatic heterocycles. The van der Waals surface area contributed by atoms with Crippen molar-refractivity contribution in [2.24, 2.45) is 0 Å². The van der Waals surface area contributed by atoms with Gasteiger partial charge >= 0.3 is 0 Å². The van der Waals surface area contributed by atoms with Gasteiger partial charge in [-0.05, 0) is 60.4 Å². The van der Waals surface area contributed by atoms with Gasteiger partial charge in [-0.25, -0.2) is 13.4 Å². The zero-order chi connectivity index (χ0) is 22.9. The lowest BCUT2D eigenvalue weighted by Crippen LogP contribution is -2.18. The summed E-state index contributed by atoms with van der Waals surface area (Å²) in [6.45, 7) is 2.01. The van der Waals surface area contributed by atoms with Gasteiger partial charge in [-0.15, -0.1) is 0 Å². The molecule has 0 saturated heterocycles. The zero-order valence-corrected chi connectivity index (χ0v) is 19.3. The minimum atomic E-state index is -3.32. The number of halogens is 1. The molecule has 4 rings (SSSR count). The molecule has 3 aromatic carbocycles. The van der Waals surface area contributed by atoms with Gasteiger partial charge in [0.15, 0.2) is 15.4 Å². The van der Waals surface area contributed by atoms with Gasteiger partial charge in [-0.1, -0.05) is 48.0 Å². The summed E-state index contributed by atoms with van der Waals surface area (Å²) in [6, 6.07) is 19.6. The van der Waals surface area contributed by atoms with Gasteiger partial charge in [0, 0.05) is 17.2 Å². The molecule has 5 nitrogen and oxygen atoms in total. The number of carbonyl (C=O) groups excluding carboxylic acids is 1. The quantitative estimate of drug-likeness (QED) is 0.367. The minimum Gasteiger partial charge on any atom is -0.440 e. The van der Waals surface area contributed by atoms with Gasteiger partial charge in [-0.3, -0.25) is 4.79 Å². The first-order chi connectivity index (χ1) is 15.2.